The fourth-order valence-corrected chi connectivity index (χ4v) is 1.49. The summed E-state index contributed by atoms with van der Waals surface area (Å²) in [5, 5.41) is 8.62. The van der Waals surface area contributed by atoms with Gasteiger partial charge in [-0.3, -0.25) is 0 Å². The molecule has 3 nitrogen and oxygen atoms in total. The molecule has 15 heavy (non-hydrogen) atoms. The van der Waals surface area contributed by atoms with E-state index in [1.54, 1.807) is 13.0 Å². The molecule has 1 rings (SSSR count). The highest BCUT2D eigenvalue weighted by molar-refractivity contribution is 9.10. The monoisotopic (exact) mass is 280 g/mol. The Kier molecular flexibility index (Phi) is 3.19. The molecule has 0 aliphatic heterocycles. The van der Waals surface area contributed by atoms with Gasteiger partial charge in [0.1, 0.15) is 10.7 Å². The molecule has 1 aromatic heterocycles. The fraction of sp³-hybridized carbons (Fsp3) is 0.250. The van der Waals surface area contributed by atoms with Gasteiger partial charge >= 0.3 is 6.36 Å². The summed E-state index contributed by atoms with van der Waals surface area (Å²) >= 11 is 2.80. The van der Waals surface area contributed by atoms with Gasteiger partial charge in [0, 0.05) is 5.69 Å². The molecule has 1 aromatic rings. The summed E-state index contributed by atoms with van der Waals surface area (Å²) in [7, 11) is 0. The van der Waals surface area contributed by atoms with Crippen molar-refractivity contribution in [1.82, 2.24) is 4.98 Å². The lowest BCUT2D eigenvalue weighted by atomic mass is 10.2. The lowest BCUT2D eigenvalue weighted by Gasteiger charge is -2.11. The highest BCUT2D eigenvalue weighted by Crippen LogP contribution is 2.32. The van der Waals surface area contributed by atoms with Gasteiger partial charge in [-0.1, -0.05) is 0 Å². The van der Waals surface area contributed by atoms with Gasteiger partial charge in [0.05, 0.1) is 5.56 Å². The van der Waals surface area contributed by atoms with Crippen LogP contribution in [0.15, 0.2) is 10.7 Å². The quantitative estimate of drug-likeness (QED) is 0.743. The molecule has 0 unspecified atom stereocenters. The van der Waals surface area contributed by atoms with Crippen LogP contribution in [0, 0.1) is 18.3 Å². The van der Waals surface area contributed by atoms with Crippen LogP contribution in [0.1, 0.15) is 11.3 Å². The van der Waals surface area contributed by atoms with Gasteiger partial charge in [0.25, 0.3) is 0 Å². The van der Waals surface area contributed by atoms with E-state index in [0.717, 1.165) is 0 Å². The highest BCUT2D eigenvalue weighted by atomic mass is 79.9. The van der Waals surface area contributed by atoms with Crippen LogP contribution in [-0.4, -0.2) is 11.3 Å². The summed E-state index contributed by atoms with van der Waals surface area (Å²) in [6.45, 7) is 1.56. The average molecular weight is 281 g/mol. The molecule has 0 spiro atoms. The molecule has 0 aromatic carbocycles. The Morgan fingerprint density at radius 1 is 1.53 bits per heavy atom. The molecule has 0 radical (unpaired) electrons. The number of hydrogen-bond donors (Lipinski definition) is 0. The van der Waals surface area contributed by atoms with Gasteiger partial charge in [0.2, 0.25) is 0 Å². The van der Waals surface area contributed by atoms with Crippen molar-refractivity contribution in [1.29, 1.82) is 5.26 Å². The standard InChI is InChI=1S/C8H4BrF3N2O/c1-4-2-5(3-13)6(7(9)14-4)15-8(10,11)12/h2H,1H3. The smallest absolute Gasteiger partial charge is 0.401 e. The fourth-order valence-electron chi connectivity index (χ4n) is 0.919. The van der Waals surface area contributed by atoms with Crippen molar-refractivity contribution in [2.24, 2.45) is 0 Å². The SMILES string of the molecule is Cc1cc(C#N)c(OC(F)(F)F)c(Br)n1. The molecule has 0 fully saturated rings. The van der Waals surface area contributed by atoms with Crippen LogP contribution in [0.5, 0.6) is 5.75 Å². The molecule has 0 bridgehead atoms. The van der Waals surface area contributed by atoms with Crippen molar-refractivity contribution in [2.75, 3.05) is 0 Å². The van der Waals surface area contributed by atoms with E-state index in [1.807, 2.05) is 0 Å². The first-order valence-electron chi connectivity index (χ1n) is 3.66. The Balaban J connectivity index is 3.23. The third-order valence-electron chi connectivity index (χ3n) is 1.40. The van der Waals surface area contributed by atoms with Crippen LogP contribution in [0.3, 0.4) is 0 Å². The van der Waals surface area contributed by atoms with E-state index >= 15 is 0 Å². The first-order chi connectivity index (χ1) is 6.83. The maximum atomic E-state index is 12.0. The molecular formula is C8H4BrF3N2O. The molecule has 0 atom stereocenters. The summed E-state index contributed by atoms with van der Waals surface area (Å²) in [6.07, 6.45) is -4.84. The molecular weight excluding hydrogens is 277 g/mol. The second-order valence-electron chi connectivity index (χ2n) is 2.59. The van der Waals surface area contributed by atoms with E-state index in [1.165, 1.54) is 6.07 Å². The van der Waals surface area contributed by atoms with E-state index in [0.29, 0.717) is 5.69 Å². The largest absolute Gasteiger partial charge is 0.573 e. The lowest BCUT2D eigenvalue weighted by molar-refractivity contribution is -0.275. The Bertz CT molecular complexity index is 425. The third kappa shape index (κ3) is 3.09. The minimum Gasteiger partial charge on any atom is -0.401 e. The summed E-state index contributed by atoms with van der Waals surface area (Å²) in [5.74, 6) is -0.615. The summed E-state index contributed by atoms with van der Waals surface area (Å²) in [4.78, 5) is 3.71. The van der Waals surface area contributed by atoms with E-state index in [-0.39, 0.29) is 10.2 Å². The number of aryl methyl sites for hydroxylation is 1. The number of ether oxygens (including phenoxy) is 1. The van der Waals surface area contributed by atoms with Gasteiger partial charge in [-0.05, 0) is 28.9 Å². The second kappa shape index (κ2) is 4.06. The lowest BCUT2D eigenvalue weighted by Crippen LogP contribution is -2.18. The summed E-state index contributed by atoms with van der Waals surface area (Å²) in [5.41, 5.74) is 0.208. The van der Waals surface area contributed by atoms with E-state index in [4.69, 9.17) is 5.26 Å². The van der Waals surface area contributed by atoms with Gasteiger partial charge in [-0.25, -0.2) is 4.98 Å². The van der Waals surface area contributed by atoms with Crippen molar-refractivity contribution in [3.05, 3.63) is 21.9 Å². The van der Waals surface area contributed by atoms with Crippen molar-refractivity contribution >= 4 is 15.9 Å². The van der Waals surface area contributed by atoms with Gasteiger partial charge in [0.15, 0.2) is 5.75 Å². The number of nitrogens with zero attached hydrogens (tertiary/aromatic N) is 2. The Morgan fingerprint density at radius 2 is 2.13 bits per heavy atom. The first kappa shape index (κ1) is 11.8. The van der Waals surface area contributed by atoms with Crippen LogP contribution in [-0.2, 0) is 0 Å². The van der Waals surface area contributed by atoms with E-state index < -0.39 is 12.1 Å². The van der Waals surface area contributed by atoms with Crippen molar-refractivity contribution in [3.63, 3.8) is 0 Å². The second-order valence-corrected chi connectivity index (χ2v) is 3.34. The van der Waals surface area contributed by atoms with E-state index in [2.05, 4.69) is 25.7 Å². The Morgan fingerprint density at radius 3 is 2.60 bits per heavy atom. The molecule has 0 saturated carbocycles. The highest BCUT2D eigenvalue weighted by Gasteiger charge is 2.33. The van der Waals surface area contributed by atoms with Gasteiger partial charge in [-0.15, -0.1) is 13.2 Å². The molecule has 80 valence electrons. The number of nitriles is 1. The van der Waals surface area contributed by atoms with Crippen LogP contribution in [0.2, 0.25) is 0 Å². The number of halogens is 4. The molecule has 0 aliphatic rings. The molecule has 1 heterocycles. The predicted octanol–water partition coefficient (Wildman–Crippen LogP) is 2.92. The predicted molar refractivity (Wildman–Crippen MR) is 48.1 cm³/mol. The van der Waals surface area contributed by atoms with Crippen LogP contribution < -0.4 is 4.74 Å². The van der Waals surface area contributed by atoms with Crippen molar-refractivity contribution in [3.8, 4) is 11.8 Å². The Labute approximate surface area is 91.6 Å². The van der Waals surface area contributed by atoms with Crippen LogP contribution in [0.25, 0.3) is 0 Å². The normalized spacial score (nSPS) is 10.9. The zero-order chi connectivity index (χ0) is 11.6. The number of aromatic nitrogens is 1. The maximum Gasteiger partial charge on any atom is 0.573 e. The molecule has 0 saturated heterocycles. The van der Waals surface area contributed by atoms with Crippen molar-refractivity contribution in [2.45, 2.75) is 13.3 Å². The molecule has 0 N–H and O–H groups in total. The summed E-state index contributed by atoms with van der Waals surface area (Å²) in [6, 6.07) is 2.82. The van der Waals surface area contributed by atoms with Crippen LogP contribution in [0.4, 0.5) is 13.2 Å². The third-order valence-corrected chi connectivity index (χ3v) is 1.94. The van der Waals surface area contributed by atoms with Crippen LogP contribution >= 0.6 is 15.9 Å². The Hall–Kier alpha value is -1.29. The zero-order valence-corrected chi connectivity index (χ0v) is 8.98. The van der Waals surface area contributed by atoms with Crippen molar-refractivity contribution < 1.29 is 17.9 Å². The molecule has 0 aliphatic carbocycles. The number of rotatable bonds is 1. The molecule has 0 amide bonds. The van der Waals surface area contributed by atoms with Gasteiger partial charge in [-0.2, -0.15) is 5.26 Å². The van der Waals surface area contributed by atoms with E-state index in [9.17, 15) is 13.2 Å². The maximum absolute atomic E-state index is 12.0. The minimum absolute atomic E-state index is 0.142. The van der Waals surface area contributed by atoms with Gasteiger partial charge < -0.3 is 4.74 Å². The average Bonchev–Trinajstić information content (AvgIpc) is 2.07. The zero-order valence-electron chi connectivity index (χ0n) is 7.39. The minimum atomic E-state index is -4.84. The number of pyridine rings is 1. The number of alkyl halides is 3. The first-order valence-corrected chi connectivity index (χ1v) is 4.46. The topological polar surface area (TPSA) is 45.9 Å². The molecule has 7 heteroatoms. The number of hydrogen-bond acceptors (Lipinski definition) is 3. The summed E-state index contributed by atoms with van der Waals surface area (Å²) < 4.78 is 39.4.